The van der Waals surface area contributed by atoms with Crippen molar-refractivity contribution in [2.24, 2.45) is 0 Å². The average Bonchev–Trinajstić information content (AvgIpc) is 2.99. The number of nitrogens with two attached hydrogens (primary N) is 1. The van der Waals surface area contributed by atoms with Crippen LogP contribution in [-0.2, 0) is 17.8 Å². The molecule has 6 nitrogen and oxygen atoms in total. The number of carbonyl (C=O) groups excluding carboxylic acids is 1. The molecular weight excluding hydrogens is 326 g/mol. The second-order valence-corrected chi connectivity index (χ2v) is 6.68. The molecule has 0 unspecified atom stereocenters. The number of anilines is 1. The van der Waals surface area contributed by atoms with E-state index in [2.05, 4.69) is 27.9 Å². The summed E-state index contributed by atoms with van der Waals surface area (Å²) in [6.45, 7) is 5.30. The molecule has 3 rings (SSSR count). The minimum Gasteiger partial charge on any atom is -0.382 e. The maximum atomic E-state index is 11.0. The van der Waals surface area contributed by atoms with Crippen LogP contribution in [0.3, 0.4) is 0 Å². The van der Waals surface area contributed by atoms with Gasteiger partial charge in [0, 0.05) is 31.8 Å². The third-order valence-electron chi connectivity index (χ3n) is 4.63. The molecule has 0 aliphatic heterocycles. The molecule has 3 N–H and O–H groups in total. The normalized spacial score (nSPS) is 11.3. The molecule has 0 saturated heterocycles. The van der Waals surface area contributed by atoms with Gasteiger partial charge < -0.3 is 15.6 Å². The van der Waals surface area contributed by atoms with Crippen molar-refractivity contribution in [3.05, 3.63) is 30.1 Å². The van der Waals surface area contributed by atoms with Gasteiger partial charge in [0.15, 0.2) is 5.82 Å². The van der Waals surface area contributed by atoms with Crippen molar-refractivity contribution in [2.75, 3.05) is 12.3 Å². The van der Waals surface area contributed by atoms with Crippen LogP contribution in [0.15, 0.2) is 24.3 Å². The molecular formula is C20H27N5O. The SMILES string of the molecule is CCCCc1nc2c(N)nc3ccccc3c2n1CCCCNC(C)=O. The largest absolute Gasteiger partial charge is 0.382 e. The number of rotatable bonds is 8. The van der Waals surface area contributed by atoms with E-state index in [-0.39, 0.29) is 5.91 Å². The second kappa shape index (κ2) is 8.17. The van der Waals surface area contributed by atoms with Crippen LogP contribution in [0.4, 0.5) is 5.82 Å². The molecule has 0 spiro atoms. The molecule has 0 aliphatic carbocycles. The van der Waals surface area contributed by atoms with Crippen LogP contribution >= 0.6 is 0 Å². The number of nitrogens with one attached hydrogen (secondary N) is 1. The zero-order valence-corrected chi connectivity index (χ0v) is 15.6. The van der Waals surface area contributed by atoms with Crippen molar-refractivity contribution in [3.8, 4) is 0 Å². The number of aryl methyl sites for hydroxylation is 2. The predicted molar refractivity (Wildman–Crippen MR) is 106 cm³/mol. The van der Waals surface area contributed by atoms with Crippen molar-refractivity contribution in [1.82, 2.24) is 19.9 Å². The highest BCUT2D eigenvalue weighted by atomic mass is 16.1. The molecule has 0 atom stereocenters. The van der Waals surface area contributed by atoms with E-state index in [9.17, 15) is 4.79 Å². The number of hydrogen-bond acceptors (Lipinski definition) is 4. The number of fused-ring (bicyclic) bond motifs is 3. The number of imidazole rings is 1. The van der Waals surface area contributed by atoms with Gasteiger partial charge in [0.05, 0.1) is 11.0 Å². The molecule has 1 aromatic carbocycles. The smallest absolute Gasteiger partial charge is 0.216 e. The number of nitrogens with zero attached hydrogens (tertiary/aromatic N) is 3. The highest BCUT2D eigenvalue weighted by Crippen LogP contribution is 2.29. The number of unbranched alkanes of at least 4 members (excludes halogenated alkanes) is 2. The zero-order valence-electron chi connectivity index (χ0n) is 15.6. The Morgan fingerprint density at radius 1 is 1.19 bits per heavy atom. The molecule has 138 valence electrons. The highest BCUT2D eigenvalue weighted by Gasteiger charge is 2.16. The molecule has 26 heavy (non-hydrogen) atoms. The van der Waals surface area contributed by atoms with Crippen molar-refractivity contribution in [1.29, 1.82) is 0 Å². The Kier molecular flexibility index (Phi) is 5.71. The standard InChI is InChI=1S/C20H27N5O/c1-3-4-11-17-24-18-19(25(17)13-8-7-12-22-14(2)26)15-9-5-6-10-16(15)23-20(18)21/h5-6,9-10H,3-4,7-8,11-13H2,1-2H3,(H2,21,23)(H,22,26). The second-order valence-electron chi connectivity index (χ2n) is 6.68. The number of amides is 1. The van der Waals surface area contributed by atoms with Gasteiger partial charge in [-0.2, -0.15) is 0 Å². The average molecular weight is 353 g/mol. The Hall–Kier alpha value is -2.63. The monoisotopic (exact) mass is 353 g/mol. The van der Waals surface area contributed by atoms with Gasteiger partial charge in [0.2, 0.25) is 5.91 Å². The maximum Gasteiger partial charge on any atom is 0.216 e. The number of pyridine rings is 1. The van der Waals surface area contributed by atoms with Crippen LogP contribution in [0.1, 0.15) is 45.4 Å². The molecule has 0 bridgehead atoms. The van der Waals surface area contributed by atoms with E-state index < -0.39 is 0 Å². The van der Waals surface area contributed by atoms with Crippen LogP contribution in [-0.4, -0.2) is 27.0 Å². The summed E-state index contributed by atoms with van der Waals surface area (Å²) < 4.78 is 2.30. The van der Waals surface area contributed by atoms with E-state index in [0.29, 0.717) is 12.4 Å². The summed E-state index contributed by atoms with van der Waals surface area (Å²) in [6, 6.07) is 8.08. The van der Waals surface area contributed by atoms with E-state index in [1.165, 1.54) is 0 Å². The highest BCUT2D eigenvalue weighted by molar-refractivity contribution is 6.06. The summed E-state index contributed by atoms with van der Waals surface area (Å²) in [5, 5.41) is 3.95. The summed E-state index contributed by atoms with van der Waals surface area (Å²) in [4.78, 5) is 20.4. The zero-order chi connectivity index (χ0) is 18.5. The first-order chi connectivity index (χ1) is 12.6. The van der Waals surface area contributed by atoms with Crippen LogP contribution in [0, 0.1) is 0 Å². The topological polar surface area (TPSA) is 85.8 Å². The third-order valence-corrected chi connectivity index (χ3v) is 4.63. The van der Waals surface area contributed by atoms with Crippen LogP contribution in [0.2, 0.25) is 0 Å². The Morgan fingerprint density at radius 2 is 2.00 bits per heavy atom. The summed E-state index contributed by atoms with van der Waals surface area (Å²) in [5.74, 6) is 1.59. The molecule has 6 heteroatoms. The first-order valence-corrected chi connectivity index (χ1v) is 9.39. The first kappa shape index (κ1) is 18.2. The molecule has 0 radical (unpaired) electrons. The first-order valence-electron chi connectivity index (χ1n) is 9.39. The fraction of sp³-hybridized carbons (Fsp3) is 0.450. The number of para-hydroxylation sites is 1. The van der Waals surface area contributed by atoms with Crippen molar-refractivity contribution in [3.63, 3.8) is 0 Å². The van der Waals surface area contributed by atoms with Crippen LogP contribution in [0.25, 0.3) is 21.9 Å². The summed E-state index contributed by atoms with van der Waals surface area (Å²) in [7, 11) is 0. The minimum absolute atomic E-state index is 0.0200. The van der Waals surface area contributed by atoms with E-state index in [0.717, 1.165) is 66.4 Å². The lowest BCUT2D eigenvalue weighted by atomic mass is 10.2. The fourth-order valence-electron chi connectivity index (χ4n) is 3.33. The molecule has 3 aromatic rings. The van der Waals surface area contributed by atoms with Gasteiger partial charge in [-0.1, -0.05) is 31.5 Å². The van der Waals surface area contributed by atoms with Crippen molar-refractivity contribution >= 4 is 33.7 Å². The lowest BCUT2D eigenvalue weighted by Gasteiger charge is -2.11. The fourth-order valence-corrected chi connectivity index (χ4v) is 3.33. The molecule has 2 aromatic heterocycles. The Balaban J connectivity index is 1.97. The predicted octanol–water partition coefficient (Wildman–Crippen LogP) is 3.43. The number of nitrogen functional groups attached to an aromatic ring is 1. The summed E-state index contributed by atoms with van der Waals surface area (Å²) in [5.41, 5.74) is 8.99. The van der Waals surface area contributed by atoms with Gasteiger partial charge >= 0.3 is 0 Å². The molecule has 1 amide bonds. The van der Waals surface area contributed by atoms with Crippen molar-refractivity contribution < 1.29 is 4.79 Å². The third kappa shape index (κ3) is 3.79. The lowest BCUT2D eigenvalue weighted by molar-refractivity contribution is -0.118. The van der Waals surface area contributed by atoms with Crippen molar-refractivity contribution in [2.45, 2.75) is 52.5 Å². The van der Waals surface area contributed by atoms with E-state index >= 15 is 0 Å². The Labute approximate surface area is 153 Å². The molecule has 2 heterocycles. The van der Waals surface area contributed by atoms with E-state index in [1.54, 1.807) is 6.92 Å². The lowest BCUT2D eigenvalue weighted by Crippen LogP contribution is -2.21. The summed E-state index contributed by atoms with van der Waals surface area (Å²) in [6.07, 6.45) is 5.07. The van der Waals surface area contributed by atoms with Gasteiger partial charge in [-0.15, -0.1) is 0 Å². The maximum absolute atomic E-state index is 11.0. The quantitative estimate of drug-likeness (QED) is 0.608. The van der Waals surface area contributed by atoms with Crippen LogP contribution in [0.5, 0.6) is 0 Å². The molecule has 0 fully saturated rings. The minimum atomic E-state index is 0.0200. The van der Waals surface area contributed by atoms with E-state index in [1.807, 2.05) is 18.2 Å². The van der Waals surface area contributed by atoms with Gasteiger partial charge in [-0.05, 0) is 25.3 Å². The summed E-state index contributed by atoms with van der Waals surface area (Å²) >= 11 is 0. The number of aromatic nitrogens is 3. The van der Waals surface area contributed by atoms with Crippen LogP contribution < -0.4 is 11.1 Å². The Bertz CT molecular complexity index is 915. The number of carbonyl (C=O) groups is 1. The molecule has 0 aliphatic rings. The van der Waals surface area contributed by atoms with Gasteiger partial charge in [0.1, 0.15) is 11.3 Å². The molecule has 0 saturated carbocycles. The number of hydrogen-bond donors (Lipinski definition) is 2. The van der Waals surface area contributed by atoms with Gasteiger partial charge in [-0.3, -0.25) is 4.79 Å². The van der Waals surface area contributed by atoms with E-state index in [4.69, 9.17) is 10.7 Å². The van der Waals surface area contributed by atoms with Gasteiger partial charge in [0.25, 0.3) is 0 Å². The van der Waals surface area contributed by atoms with Gasteiger partial charge in [-0.25, -0.2) is 9.97 Å². The Morgan fingerprint density at radius 3 is 2.77 bits per heavy atom. The number of benzene rings is 1.